The summed E-state index contributed by atoms with van der Waals surface area (Å²) in [7, 11) is 0. The van der Waals surface area contributed by atoms with Gasteiger partial charge in [-0.1, -0.05) is 52.3 Å². The summed E-state index contributed by atoms with van der Waals surface area (Å²) in [6.07, 6.45) is -4.47. The molecule has 2 N–H and O–H groups in total. The lowest BCUT2D eigenvalue weighted by Gasteiger charge is -2.17. The van der Waals surface area contributed by atoms with Crippen LogP contribution in [0.2, 0.25) is 0 Å². The molecule has 202 valence electrons. The van der Waals surface area contributed by atoms with E-state index in [2.05, 4.69) is 26.0 Å². The van der Waals surface area contributed by atoms with Gasteiger partial charge >= 0.3 is 12.3 Å². The lowest BCUT2D eigenvalue weighted by Crippen LogP contribution is -2.25. The van der Waals surface area contributed by atoms with Crippen molar-refractivity contribution in [3.05, 3.63) is 104 Å². The van der Waals surface area contributed by atoms with Gasteiger partial charge in [-0.05, 0) is 53.9 Å². The molecule has 0 bridgehead atoms. The summed E-state index contributed by atoms with van der Waals surface area (Å²) in [6, 6.07) is 20.4. The monoisotopic (exact) mass is 618 g/mol. The van der Waals surface area contributed by atoms with Gasteiger partial charge in [0.05, 0.1) is 12.1 Å². The Morgan fingerprint density at radius 2 is 1.67 bits per heavy atom. The molecule has 0 spiro atoms. The summed E-state index contributed by atoms with van der Waals surface area (Å²) in [6.45, 7) is 0.0246. The highest BCUT2D eigenvalue weighted by molar-refractivity contribution is 9.10. The van der Waals surface area contributed by atoms with Crippen LogP contribution in [0.3, 0.4) is 0 Å². The third-order valence-corrected chi connectivity index (χ3v) is 7.24. The number of thiazole rings is 1. The van der Waals surface area contributed by atoms with Gasteiger partial charge in [-0.2, -0.15) is 0 Å². The molecule has 0 saturated carbocycles. The molecule has 4 rings (SSSR count). The van der Waals surface area contributed by atoms with Crippen LogP contribution in [0.1, 0.15) is 38.8 Å². The number of ether oxygens (including phenoxy) is 1. The number of amides is 1. The Bertz CT molecular complexity index is 1420. The number of carbonyl (C=O) groups is 2. The van der Waals surface area contributed by atoms with E-state index < -0.39 is 12.3 Å². The van der Waals surface area contributed by atoms with Gasteiger partial charge in [-0.3, -0.25) is 9.59 Å². The zero-order valence-corrected chi connectivity index (χ0v) is 22.6. The number of rotatable bonds is 10. The van der Waals surface area contributed by atoms with E-state index in [9.17, 15) is 22.8 Å². The molecule has 1 amide bonds. The predicted octanol–water partition coefficient (Wildman–Crippen LogP) is 7.05. The quantitative estimate of drug-likeness (QED) is 0.199. The molecule has 0 fully saturated rings. The molecule has 6 nitrogen and oxygen atoms in total. The van der Waals surface area contributed by atoms with Crippen LogP contribution in [0, 0.1) is 0 Å². The number of nitrogens with zero attached hydrogens (tertiary/aromatic N) is 1. The zero-order chi connectivity index (χ0) is 28.0. The number of carboxylic acids is 1. The number of hydrogen-bond donors (Lipinski definition) is 2. The number of hydrogen-bond acceptors (Lipinski definition) is 5. The summed E-state index contributed by atoms with van der Waals surface area (Å²) in [5.74, 6) is -1.95. The number of aliphatic carboxylic acids is 1. The zero-order valence-electron chi connectivity index (χ0n) is 20.2. The average Bonchev–Trinajstić information content (AvgIpc) is 3.37. The number of aromatic nitrogens is 1. The average molecular weight is 619 g/mol. The van der Waals surface area contributed by atoms with Crippen LogP contribution in [0.25, 0.3) is 11.3 Å². The first kappa shape index (κ1) is 28.3. The molecular formula is C28H22BrF3N2O4S. The minimum Gasteiger partial charge on any atom is -0.481 e. The van der Waals surface area contributed by atoms with Crippen molar-refractivity contribution in [2.24, 2.45) is 0 Å². The fourth-order valence-electron chi connectivity index (χ4n) is 3.86. The van der Waals surface area contributed by atoms with E-state index in [-0.39, 0.29) is 30.5 Å². The van der Waals surface area contributed by atoms with Crippen LogP contribution in [-0.2, 0) is 11.2 Å². The number of nitrogens with one attached hydrogen (secondary N) is 1. The van der Waals surface area contributed by atoms with Crippen molar-refractivity contribution >= 4 is 39.1 Å². The Labute approximate surface area is 234 Å². The number of benzene rings is 3. The molecule has 0 aliphatic carbocycles. The highest BCUT2D eigenvalue weighted by Gasteiger charge is 2.31. The van der Waals surface area contributed by atoms with E-state index >= 15 is 0 Å². The molecule has 0 radical (unpaired) electrons. The smallest absolute Gasteiger partial charge is 0.481 e. The second kappa shape index (κ2) is 12.4. The number of alkyl halides is 3. The summed E-state index contributed by atoms with van der Waals surface area (Å²) in [5.41, 5.74) is 3.76. The lowest BCUT2D eigenvalue weighted by molar-refractivity contribution is -0.274. The Morgan fingerprint density at radius 3 is 2.28 bits per heavy atom. The first-order valence-electron chi connectivity index (χ1n) is 11.7. The standard InChI is InChI=1S/C28H22BrF3N2O4S/c29-21-9-5-19(6-10-21)24-16-39-27(34-24)23(18-7-11-22(12-8-18)38-28(30,31)32)15-17-1-3-20(4-2-17)26(37)33-14-13-25(35)36/h1-12,16,23H,13-15H2,(H,33,37)(H,35,36). The first-order chi connectivity index (χ1) is 18.6. The molecule has 0 aliphatic rings. The van der Waals surface area contributed by atoms with Crippen LogP contribution in [0.15, 0.2) is 82.6 Å². The van der Waals surface area contributed by atoms with Gasteiger partial charge in [0.15, 0.2) is 0 Å². The number of halogens is 4. The van der Waals surface area contributed by atoms with Crippen LogP contribution in [0.5, 0.6) is 5.75 Å². The Kier molecular flexibility index (Phi) is 9.03. The third kappa shape index (κ3) is 8.14. The maximum atomic E-state index is 12.6. The summed E-state index contributed by atoms with van der Waals surface area (Å²) in [5, 5.41) is 14.0. The van der Waals surface area contributed by atoms with E-state index in [0.717, 1.165) is 31.9 Å². The van der Waals surface area contributed by atoms with Crippen molar-refractivity contribution < 1.29 is 32.6 Å². The second-order valence-corrected chi connectivity index (χ2v) is 10.4. The molecule has 3 aromatic carbocycles. The summed E-state index contributed by atoms with van der Waals surface area (Å²) >= 11 is 4.88. The maximum Gasteiger partial charge on any atom is 0.573 e. The van der Waals surface area contributed by atoms with Crippen LogP contribution < -0.4 is 10.1 Å². The second-order valence-electron chi connectivity index (χ2n) is 8.55. The van der Waals surface area contributed by atoms with E-state index in [0.29, 0.717) is 12.0 Å². The topological polar surface area (TPSA) is 88.5 Å². The minimum absolute atomic E-state index is 0.0246. The van der Waals surface area contributed by atoms with Crippen molar-refractivity contribution in [2.45, 2.75) is 25.1 Å². The maximum absolute atomic E-state index is 12.6. The van der Waals surface area contributed by atoms with Gasteiger partial charge in [-0.15, -0.1) is 24.5 Å². The highest BCUT2D eigenvalue weighted by atomic mass is 79.9. The number of carboxylic acid groups (broad SMARTS) is 1. The third-order valence-electron chi connectivity index (χ3n) is 5.76. The van der Waals surface area contributed by atoms with Gasteiger partial charge in [0.25, 0.3) is 5.91 Å². The SMILES string of the molecule is O=C(O)CCNC(=O)c1ccc(CC(c2ccc(OC(F)(F)F)cc2)c2nc(-c3ccc(Br)cc3)cs2)cc1. The normalized spacial score (nSPS) is 12.1. The highest BCUT2D eigenvalue weighted by Crippen LogP contribution is 2.35. The van der Waals surface area contributed by atoms with Crippen LogP contribution >= 0.6 is 27.3 Å². The van der Waals surface area contributed by atoms with Gasteiger partial charge < -0.3 is 15.2 Å². The predicted molar refractivity (Wildman–Crippen MR) is 145 cm³/mol. The molecular weight excluding hydrogens is 597 g/mol. The molecule has 4 aromatic rings. The molecule has 1 unspecified atom stereocenters. The van der Waals surface area contributed by atoms with Gasteiger partial charge in [-0.25, -0.2) is 4.98 Å². The Balaban J connectivity index is 1.58. The van der Waals surface area contributed by atoms with Crippen molar-refractivity contribution in [3.8, 4) is 17.0 Å². The molecule has 39 heavy (non-hydrogen) atoms. The van der Waals surface area contributed by atoms with E-state index in [4.69, 9.17) is 10.1 Å². The molecule has 0 aliphatic heterocycles. The van der Waals surface area contributed by atoms with E-state index in [1.54, 1.807) is 36.4 Å². The fraction of sp³-hybridized carbons (Fsp3) is 0.179. The van der Waals surface area contributed by atoms with E-state index in [1.165, 1.54) is 23.5 Å². The molecule has 0 saturated heterocycles. The van der Waals surface area contributed by atoms with Crippen LogP contribution in [-0.4, -0.2) is 34.9 Å². The van der Waals surface area contributed by atoms with Gasteiger partial charge in [0, 0.05) is 33.4 Å². The van der Waals surface area contributed by atoms with Crippen LogP contribution in [0.4, 0.5) is 13.2 Å². The van der Waals surface area contributed by atoms with Gasteiger partial charge in [0.2, 0.25) is 0 Å². The largest absolute Gasteiger partial charge is 0.573 e. The first-order valence-corrected chi connectivity index (χ1v) is 13.4. The van der Waals surface area contributed by atoms with Crippen molar-refractivity contribution in [3.63, 3.8) is 0 Å². The minimum atomic E-state index is -4.78. The Morgan fingerprint density at radius 1 is 1.00 bits per heavy atom. The lowest BCUT2D eigenvalue weighted by atomic mass is 9.92. The summed E-state index contributed by atoms with van der Waals surface area (Å²) < 4.78 is 42.9. The van der Waals surface area contributed by atoms with E-state index in [1.807, 2.05) is 29.6 Å². The molecule has 11 heteroatoms. The number of carbonyl (C=O) groups excluding carboxylic acids is 1. The fourth-order valence-corrected chi connectivity index (χ4v) is 5.08. The van der Waals surface area contributed by atoms with Gasteiger partial charge in [0.1, 0.15) is 10.8 Å². The summed E-state index contributed by atoms with van der Waals surface area (Å²) in [4.78, 5) is 27.8. The Hall–Kier alpha value is -3.70. The molecule has 1 heterocycles. The van der Waals surface area contributed by atoms with Crippen molar-refractivity contribution in [1.29, 1.82) is 0 Å². The molecule has 1 aromatic heterocycles. The van der Waals surface area contributed by atoms with Crippen molar-refractivity contribution in [2.75, 3.05) is 6.54 Å². The van der Waals surface area contributed by atoms with Crippen molar-refractivity contribution in [1.82, 2.24) is 10.3 Å². The molecule has 1 atom stereocenters.